The highest BCUT2D eigenvalue weighted by Crippen LogP contribution is 2.32. The number of nitrogens with two attached hydrogens (primary N) is 1. The number of aromatic nitrogens is 2. The molecule has 2 heterocycles. The molecule has 8 heteroatoms. The van der Waals surface area contributed by atoms with E-state index in [1.807, 2.05) is 6.07 Å². The van der Waals surface area contributed by atoms with Crippen molar-refractivity contribution in [1.29, 1.82) is 5.26 Å². The minimum atomic E-state index is -1.21. The number of hydrogen-bond donors (Lipinski definition) is 3. The molecule has 1 fully saturated rings. The molecule has 4 atom stereocenters. The van der Waals surface area contributed by atoms with Crippen molar-refractivity contribution in [3.63, 3.8) is 0 Å². The van der Waals surface area contributed by atoms with Gasteiger partial charge in [0.25, 0.3) is 0 Å². The maximum Gasteiger partial charge on any atom is 0.351 e. The van der Waals surface area contributed by atoms with E-state index in [-0.39, 0.29) is 5.82 Å². The largest absolute Gasteiger partial charge is 0.394 e. The van der Waals surface area contributed by atoms with Crippen LogP contribution in [-0.4, -0.2) is 38.6 Å². The van der Waals surface area contributed by atoms with Crippen molar-refractivity contribution in [2.45, 2.75) is 18.4 Å². The molecule has 18 heavy (non-hydrogen) atoms. The second-order valence-corrected chi connectivity index (χ2v) is 3.94. The van der Waals surface area contributed by atoms with Gasteiger partial charge >= 0.3 is 5.69 Å². The molecule has 1 saturated heterocycles. The maximum atomic E-state index is 11.6. The summed E-state index contributed by atoms with van der Waals surface area (Å²) in [7, 11) is 0. The van der Waals surface area contributed by atoms with Gasteiger partial charge in [0.1, 0.15) is 23.9 Å². The molecule has 0 unspecified atom stereocenters. The lowest BCUT2D eigenvalue weighted by Crippen LogP contribution is -2.33. The normalized spacial score (nSPS) is 31.2. The summed E-state index contributed by atoms with van der Waals surface area (Å²) in [5.41, 5.74) is 4.66. The van der Waals surface area contributed by atoms with Crippen LogP contribution in [0.1, 0.15) is 6.23 Å². The second kappa shape index (κ2) is 4.73. The lowest BCUT2D eigenvalue weighted by Gasteiger charge is -2.16. The minimum Gasteiger partial charge on any atom is -0.394 e. The zero-order chi connectivity index (χ0) is 13.3. The van der Waals surface area contributed by atoms with E-state index in [2.05, 4.69) is 4.98 Å². The molecule has 2 rings (SSSR count). The van der Waals surface area contributed by atoms with Gasteiger partial charge in [0.15, 0.2) is 6.23 Å². The zero-order valence-electron chi connectivity index (χ0n) is 9.30. The minimum absolute atomic E-state index is 0.0549. The number of nitrogens with zero attached hydrogens (tertiary/aromatic N) is 3. The Labute approximate surface area is 102 Å². The summed E-state index contributed by atoms with van der Waals surface area (Å²) < 4.78 is 6.34. The first-order valence-electron chi connectivity index (χ1n) is 5.27. The van der Waals surface area contributed by atoms with Crippen molar-refractivity contribution in [3.8, 4) is 6.07 Å². The van der Waals surface area contributed by atoms with E-state index in [0.29, 0.717) is 0 Å². The monoisotopic (exact) mass is 252 g/mol. The van der Waals surface area contributed by atoms with Crippen LogP contribution in [0.4, 0.5) is 5.82 Å². The van der Waals surface area contributed by atoms with E-state index in [1.165, 1.54) is 12.3 Å². The number of hydrogen-bond acceptors (Lipinski definition) is 7. The average molecular weight is 252 g/mol. The molecule has 1 aromatic rings. The third-order valence-electron chi connectivity index (χ3n) is 2.83. The Morgan fingerprint density at radius 3 is 2.89 bits per heavy atom. The fraction of sp³-hybridized carbons (Fsp3) is 0.500. The SMILES string of the molecule is N#C[C@@H]1[C@@H](O)[C@H](n2ccc(N)nc2=O)O[C@@H]1CO. The van der Waals surface area contributed by atoms with Gasteiger partial charge in [0.2, 0.25) is 0 Å². The van der Waals surface area contributed by atoms with Gasteiger partial charge < -0.3 is 20.7 Å². The Balaban J connectivity index is 2.35. The smallest absolute Gasteiger partial charge is 0.351 e. The van der Waals surface area contributed by atoms with Crippen LogP contribution in [0.3, 0.4) is 0 Å². The topological polar surface area (TPSA) is 134 Å². The molecular weight excluding hydrogens is 240 g/mol. The van der Waals surface area contributed by atoms with Crippen LogP contribution in [0, 0.1) is 17.2 Å². The molecule has 0 radical (unpaired) electrons. The summed E-state index contributed by atoms with van der Waals surface area (Å²) in [6, 6.07) is 3.23. The quantitative estimate of drug-likeness (QED) is 0.566. The van der Waals surface area contributed by atoms with Gasteiger partial charge in [-0.25, -0.2) is 4.79 Å². The summed E-state index contributed by atoms with van der Waals surface area (Å²) in [6.45, 7) is -0.414. The van der Waals surface area contributed by atoms with Crippen LogP contribution < -0.4 is 11.4 Å². The van der Waals surface area contributed by atoms with Gasteiger partial charge in [-0.05, 0) is 6.07 Å². The predicted octanol–water partition coefficient (Wildman–Crippen LogP) is -1.78. The van der Waals surface area contributed by atoms with Crippen LogP contribution in [0.15, 0.2) is 17.1 Å². The van der Waals surface area contributed by atoms with Crippen LogP contribution >= 0.6 is 0 Å². The summed E-state index contributed by atoms with van der Waals surface area (Å²) in [5, 5.41) is 27.9. The Morgan fingerprint density at radius 2 is 2.39 bits per heavy atom. The summed E-state index contributed by atoms with van der Waals surface area (Å²) in [5.74, 6) is -0.844. The van der Waals surface area contributed by atoms with Crippen LogP contribution in [0.2, 0.25) is 0 Å². The van der Waals surface area contributed by atoms with E-state index in [0.717, 1.165) is 4.57 Å². The van der Waals surface area contributed by atoms with Crippen molar-refractivity contribution < 1.29 is 14.9 Å². The van der Waals surface area contributed by atoms with Crippen LogP contribution in [-0.2, 0) is 4.74 Å². The molecule has 4 N–H and O–H groups in total. The number of aliphatic hydroxyl groups is 2. The van der Waals surface area contributed by atoms with Crippen molar-refractivity contribution in [3.05, 3.63) is 22.7 Å². The molecule has 0 saturated carbocycles. The number of rotatable bonds is 2. The number of nitriles is 1. The summed E-state index contributed by atoms with van der Waals surface area (Å²) >= 11 is 0. The highest BCUT2D eigenvalue weighted by atomic mass is 16.5. The van der Waals surface area contributed by atoms with Gasteiger partial charge in [-0.15, -0.1) is 0 Å². The molecule has 96 valence electrons. The number of aliphatic hydroxyl groups excluding tert-OH is 2. The number of ether oxygens (including phenoxy) is 1. The van der Waals surface area contributed by atoms with Crippen LogP contribution in [0.5, 0.6) is 0 Å². The molecule has 0 aromatic carbocycles. The fourth-order valence-electron chi connectivity index (χ4n) is 1.91. The van der Waals surface area contributed by atoms with E-state index in [4.69, 9.17) is 20.8 Å². The van der Waals surface area contributed by atoms with Gasteiger partial charge in [0, 0.05) is 6.20 Å². The first-order valence-corrected chi connectivity index (χ1v) is 5.27. The third-order valence-corrected chi connectivity index (χ3v) is 2.83. The van der Waals surface area contributed by atoms with Crippen molar-refractivity contribution >= 4 is 5.82 Å². The van der Waals surface area contributed by atoms with E-state index < -0.39 is 36.7 Å². The van der Waals surface area contributed by atoms with E-state index in [9.17, 15) is 9.90 Å². The highest BCUT2D eigenvalue weighted by molar-refractivity contribution is 5.23. The summed E-state index contributed by atoms with van der Waals surface area (Å²) in [6.07, 6.45) is -1.77. The lowest BCUT2D eigenvalue weighted by atomic mass is 10.0. The first-order chi connectivity index (χ1) is 8.58. The second-order valence-electron chi connectivity index (χ2n) is 3.94. The maximum absolute atomic E-state index is 11.6. The molecule has 0 spiro atoms. The molecule has 1 aromatic heterocycles. The summed E-state index contributed by atoms with van der Waals surface area (Å²) in [4.78, 5) is 15.1. The third kappa shape index (κ3) is 1.95. The molecular formula is C10H12N4O4. The Bertz CT molecular complexity index is 537. The van der Waals surface area contributed by atoms with Gasteiger partial charge in [-0.2, -0.15) is 10.2 Å². The average Bonchev–Trinajstić information content (AvgIpc) is 2.66. The van der Waals surface area contributed by atoms with Gasteiger partial charge in [0.05, 0.1) is 12.7 Å². The molecule has 1 aliphatic rings. The Hall–Kier alpha value is -1.95. The van der Waals surface area contributed by atoms with Crippen LogP contribution in [0.25, 0.3) is 0 Å². The lowest BCUT2D eigenvalue weighted by molar-refractivity contribution is -0.0532. The first kappa shape index (κ1) is 12.5. The van der Waals surface area contributed by atoms with Crippen molar-refractivity contribution in [2.24, 2.45) is 5.92 Å². The Morgan fingerprint density at radius 1 is 1.67 bits per heavy atom. The molecule has 1 aliphatic heterocycles. The molecule has 0 amide bonds. The predicted molar refractivity (Wildman–Crippen MR) is 59.0 cm³/mol. The van der Waals surface area contributed by atoms with Crippen molar-refractivity contribution in [1.82, 2.24) is 9.55 Å². The zero-order valence-corrected chi connectivity index (χ0v) is 9.30. The molecule has 8 nitrogen and oxygen atoms in total. The fourth-order valence-corrected chi connectivity index (χ4v) is 1.91. The Kier molecular flexibility index (Phi) is 3.29. The van der Waals surface area contributed by atoms with E-state index >= 15 is 0 Å². The molecule has 0 bridgehead atoms. The number of nitrogen functional groups attached to an aromatic ring is 1. The van der Waals surface area contributed by atoms with Crippen molar-refractivity contribution in [2.75, 3.05) is 12.3 Å². The standard InChI is InChI=1S/C10H12N4O4/c11-3-5-6(4-15)18-9(8(5)16)14-2-1-7(12)13-10(14)17/h1-2,5-6,8-9,15-16H,4H2,(H2,12,13,17)/t5-,6+,8+,9+/m0/s1. The molecule has 0 aliphatic carbocycles. The highest BCUT2D eigenvalue weighted by Gasteiger charge is 2.44. The van der Waals surface area contributed by atoms with E-state index in [1.54, 1.807) is 0 Å². The van der Waals surface area contributed by atoms with Gasteiger partial charge in [-0.3, -0.25) is 4.57 Å². The number of anilines is 1. The van der Waals surface area contributed by atoms with Gasteiger partial charge in [-0.1, -0.05) is 0 Å².